The van der Waals surface area contributed by atoms with Gasteiger partial charge in [0.15, 0.2) is 0 Å². The van der Waals surface area contributed by atoms with Crippen molar-refractivity contribution in [1.29, 1.82) is 0 Å². The SMILES string of the molecule is F.[F-].[NH4+].[O]=[Sn]. The molecule has 4 N–H and O–H groups in total. The molecule has 0 bridgehead atoms. The molecule has 0 aromatic carbocycles. The third-order valence-corrected chi connectivity index (χ3v) is 0. The van der Waals surface area contributed by atoms with Crippen LogP contribution in [0.2, 0.25) is 0 Å². The Labute approximate surface area is 41.7 Å². The third-order valence-electron chi connectivity index (χ3n) is 0. The van der Waals surface area contributed by atoms with Gasteiger partial charge in [0, 0.05) is 0 Å². The van der Waals surface area contributed by atoms with Crippen LogP contribution in [-0.2, 0) is 3.08 Å². The van der Waals surface area contributed by atoms with Crippen LogP contribution in [0.4, 0.5) is 4.70 Å². The molecule has 0 atom stereocenters. The molecule has 0 fully saturated rings. The summed E-state index contributed by atoms with van der Waals surface area (Å²) in [6, 6.07) is 0. The molecule has 5 heavy (non-hydrogen) atoms. The Kier molecular flexibility index (Phi) is 3100. The van der Waals surface area contributed by atoms with Crippen molar-refractivity contribution in [2.45, 2.75) is 0 Å². The van der Waals surface area contributed by atoms with Crippen LogP contribution in [0.25, 0.3) is 0 Å². The first kappa shape index (κ1) is 52.6. The molecule has 0 aromatic rings. The summed E-state index contributed by atoms with van der Waals surface area (Å²) in [7, 11) is 0. The average Bonchev–Trinajstić information content (AvgIpc) is 1.00. The fourth-order valence-electron chi connectivity index (χ4n) is 0. The number of hydrogen-bond donors (Lipinski definition) is 1. The van der Waals surface area contributed by atoms with E-state index in [0.29, 0.717) is 22.5 Å². The van der Waals surface area contributed by atoms with Crippen LogP contribution in [0.15, 0.2) is 0 Å². The summed E-state index contributed by atoms with van der Waals surface area (Å²) >= 11 is 0.300. The first-order chi connectivity index (χ1) is 1.00. The predicted molar refractivity (Wildman–Crippen MR) is 14.9 cm³/mol. The van der Waals surface area contributed by atoms with Gasteiger partial charge in [-0.15, -0.1) is 0 Å². The summed E-state index contributed by atoms with van der Waals surface area (Å²) in [4.78, 5) is 0. The first-order valence-corrected chi connectivity index (χ1v) is 1.37. The Morgan fingerprint density at radius 1 is 1.20 bits per heavy atom. The fourth-order valence-corrected chi connectivity index (χ4v) is 0. The van der Waals surface area contributed by atoms with Crippen LogP contribution in [0.3, 0.4) is 0 Å². The Balaban J connectivity index is -0.00000000167. The predicted octanol–water partition coefficient (Wildman–Crippen LogP) is -2.97. The maximum absolute atomic E-state index is 8.34. The second-order valence-electron chi connectivity index (χ2n) is 0. The van der Waals surface area contributed by atoms with Crippen molar-refractivity contribution < 1.29 is 12.5 Å². The van der Waals surface area contributed by atoms with Gasteiger partial charge in [0.05, 0.1) is 0 Å². The Morgan fingerprint density at radius 3 is 1.20 bits per heavy atom. The first-order valence-electron chi connectivity index (χ1n) is 0.204. The number of hydrogen-bond acceptors (Lipinski definition) is 1. The van der Waals surface area contributed by atoms with E-state index in [1.54, 1.807) is 0 Å². The zero-order valence-corrected chi connectivity index (χ0v) is 5.55. The average molecular weight is 192 g/mol. The van der Waals surface area contributed by atoms with Crippen molar-refractivity contribution in [1.82, 2.24) is 6.15 Å². The monoisotopic (exact) mass is 193 g/mol. The van der Waals surface area contributed by atoms with E-state index in [2.05, 4.69) is 0 Å². The van der Waals surface area contributed by atoms with Gasteiger partial charge in [0.25, 0.3) is 0 Å². The van der Waals surface area contributed by atoms with Gasteiger partial charge >= 0.3 is 25.6 Å². The molecule has 0 spiro atoms. The Bertz CT molecular complexity index is 9.61. The zero-order chi connectivity index (χ0) is 2.00. The van der Waals surface area contributed by atoms with E-state index in [0.717, 1.165) is 0 Å². The second kappa shape index (κ2) is 295. The molecular weight excluding hydrogens is 187 g/mol. The molecule has 0 rings (SSSR count). The van der Waals surface area contributed by atoms with Gasteiger partial charge in [-0.3, -0.25) is 4.70 Å². The van der Waals surface area contributed by atoms with Gasteiger partial charge < -0.3 is 10.9 Å². The van der Waals surface area contributed by atoms with E-state index in [-0.39, 0.29) is 15.6 Å². The molecule has 0 aliphatic heterocycles. The van der Waals surface area contributed by atoms with Crippen molar-refractivity contribution in [3.05, 3.63) is 0 Å². The van der Waals surface area contributed by atoms with E-state index in [9.17, 15) is 0 Å². The van der Waals surface area contributed by atoms with Crippen molar-refractivity contribution in [3.63, 3.8) is 0 Å². The van der Waals surface area contributed by atoms with Crippen LogP contribution >= 0.6 is 0 Å². The molecule has 0 heterocycles. The van der Waals surface area contributed by atoms with Crippen LogP contribution in [0.5, 0.6) is 0 Å². The van der Waals surface area contributed by atoms with Crippen LogP contribution in [0, 0.1) is 0 Å². The molecule has 0 aliphatic rings. The van der Waals surface area contributed by atoms with Gasteiger partial charge in [-0.1, -0.05) is 0 Å². The zero-order valence-electron chi connectivity index (χ0n) is 2.69. The number of halogens is 2. The molecule has 0 saturated carbocycles. The summed E-state index contributed by atoms with van der Waals surface area (Å²) in [5.74, 6) is 0. The normalized spacial score (nSPS) is 0.800. The van der Waals surface area contributed by atoms with Gasteiger partial charge in [-0.05, 0) is 0 Å². The minimum absolute atomic E-state index is 0. The van der Waals surface area contributed by atoms with Crippen LogP contribution in [-0.4, -0.2) is 22.5 Å². The summed E-state index contributed by atoms with van der Waals surface area (Å²) in [6.07, 6.45) is 0. The molecule has 5 heteroatoms. The fraction of sp³-hybridized carbons (Fsp3) is 0. The summed E-state index contributed by atoms with van der Waals surface area (Å²) < 4.78 is 8.34. The molecule has 0 amide bonds. The maximum atomic E-state index is 8.34. The number of rotatable bonds is 0. The summed E-state index contributed by atoms with van der Waals surface area (Å²) in [5.41, 5.74) is 0. The molecule has 2 nitrogen and oxygen atoms in total. The summed E-state index contributed by atoms with van der Waals surface area (Å²) in [6.45, 7) is 0. The second-order valence-corrected chi connectivity index (χ2v) is 0. The van der Waals surface area contributed by atoms with Crippen LogP contribution < -0.4 is 10.9 Å². The van der Waals surface area contributed by atoms with E-state index in [1.165, 1.54) is 0 Å². The van der Waals surface area contributed by atoms with Crippen molar-refractivity contribution in [2.24, 2.45) is 0 Å². The molecule has 0 aliphatic carbocycles. The molecule has 0 aromatic heterocycles. The van der Waals surface area contributed by atoms with Crippen LogP contribution in [0.1, 0.15) is 0 Å². The van der Waals surface area contributed by atoms with Gasteiger partial charge in [-0.2, -0.15) is 0 Å². The van der Waals surface area contributed by atoms with E-state index in [4.69, 9.17) is 3.08 Å². The molecule has 0 unspecified atom stereocenters. The summed E-state index contributed by atoms with van der Waals surface area (Å²) in [5, 5.41) is 0. The quantitative estimate of drug-likeness (QED) is 0.409. The van der Waals surface area contributed by atoms with Crippen molar-refractivity contribution >= 4 is 22.5 Å². The van der Waals surface area contributed by atoms with Crippen molar-refractivity contribution in [2.75, 3.05) is 0 Å². The standard InChI is InChI=1S/2FH.H3N.O.Sn/h2*1H;1H3;;. The molecule has 34 valence electrons. The van der Waals surface area contributed by atoms with E-state index < -0.39 is 0 Å². The molecular formula is H5F2NOSn. The van der Waals surface area contributed by atoms with E-state index >= 15 is 0 Å². The van der Waals surface area contributed by atoms with Gasteiger partial charge in [0.2, 0.25) is 0 Å². The van der Waals surface area contributed by atoms with Crippen molar-refractivity contribution in [3.8, 4) is 0 Å². The topological polar surface area (TPSA) is 53.6 Å². The molecule has 2 radical (unpaired) electrons. The van der Waals surface area contributed by atoms with Gasteiger partial charge in [-0.25, -0.2) is 0 Å². The number of quaternary nitrogens is 1. The Morgan fingerprint density at radius 2 is 1.20 bits per heavy atom. The molecule has 0 saturated heterocycles. The third kappa shape index (κ3) is 147. The Hall–Kier alpha value is 0.419. The van der Waals surface area contributed by atoms with Gasteiger partial charge in [0.1, 0.15) is 0 Å². The van der Waals surface area contributed by atoms with E-state index in [1.807, 2.05) is 0 Å². The minimum atomic E-state index is 0.